The van der Waals surface area contributed by atoms with Gasteiger partial charge in [-0.15, -0.1) is 0 Å². The van der Waals surface area contributed by atoms with Gasteiger partial charge in [0.2, 0.25) is 0 Å². The summed E-state index contributed by atoms with van der Waals surface area (Å²) in [6, 6.07) is 18.6. The van der Waals surface area contributed by atoms with Gasteiger partial charge in [-0.2, -0.15) is 0 Å². The number of hydrogen-bond donors (Lipinski definition) is 1. The summed E-state index contributed by atoms with van der Waals surface area (Å²) in [5.74, 6) is 1.55. The SMILES string of the molecule is CC[C@](Nc1ccc(OC)cc1)(c1ccccc1)C1CCCC(=O)C1. The van der Waals surface area contributed by atoms with Crippen molar-refractivity contribution in [2.24, 2.45) is 5.92 Å². The number of carbonyl (C=O) groups excluding carboxylic acids is 1. The van der Waals surface area contributed by atoms with Crippen molar-refractivity contribution in [1.82, 2.24) is 0 Å². The summed E-state index contributed by atoms with van der Waals surface area (Å²) >= 11 is 0. The average molecular weight is 337 g/mol. The number of ether oxygens (including phenoxy) is 1. The maximum absolute atomic E-state index is 12.2. The highest BCUT2D eigenvalue weighted by molar-refractivity contribution is 5.79. The number of nitrogens with one attached hydrogen (secondary N) is 1. The minimum absolute atomic E-state index is 0.230. The topological polar surface area (TPSA) is 38.3 Å². The van der Waals surface area contributed by atoms with E-state index in [1.807, 2.05) is 18.2 Å². The Hall–Kier alpha value is -2.29. The van der Waals surface area contributed by atoms with Crippen LogP contribution in [0.25, 0.3) is 0 Å². The van der Waals surface area contributed by atoms with Crippen LogP contribution in [0.2, 0.25) is 0 Å². The molecule has 0 spiro atoms. The van der Waals surface area contributed by atoms with Crippen LogP contribution < -0.4 is 10.1 Å². The first kappa shape index (κ1) is 17.5. The molecular weight excluding hydrogens is 310 g/mol. The van der Waals surface area contributed by atoms with Crippen LogP contribution in [0, 0.1) is 5.92 Å². The molecule has 1 unspecified atom stereocenters. The Morgan fingerprint density at radius 3 is 2.44 bits per heavy atom. The lowest BCUT2D eigenvalue weighted by Gasteiger charge is -2.44. The van der Waals surface area contributed by atoms with E-state index in [-0.39, 0.29) is 5.54 Å². The van der Waals surface area contributed by atoms with E-state index in [2.05, 4.69) is 48.6 Å². The summed E-state index contributed by atoms with van der Waals surface area (Å²) in [7, 11) is 1.68. The van der Waals surface area contributed by atoms with Crippen molar-refractivity contribution in [3.63, 3.8) is 0 Å². The van der Waals surface area contributed by atoms with E-state index in [1.165, 1.54) is 5.56 Å². The maximum atomic E-state index is 12.2. The summed E-state index contributed by atoms with van der Waals surface area (Å²) in [5, 5.41) is 3.79. The van der Waals surface area contributed by atoms with E-state index in [0.29, 0.717) is 18.1 Å². The molecule has 3 heteroatoms. The first-order chi connectivity index (χ1) is 12.2. The molecule has 0 aromatic heterocycles. The number of benzene rings is 2. The van der Waals surface area contributed by atoms with Gasteiger partial charge in [-0.25, -0.2) is 0 Å². The van der Waals surface area contributed by atoms with E-state index < -0.39 is 0 Å². The zero-order chi connectivity index (χ0) is 17.7. The van der Waals surface area contributed by atoms with Gasteiger partial charge in [0.25, 0.3) is 0 Å². The van der Waals surface area contributed by atoms with Gasteiger partial charge in [-0.05, 0) is 55.0 Å². The zero-order valence-electron chi connectivity index (χ0n) is 15.1. The van der Waals surface area contributed by atoms with Gasteiger partial charge in [0.05, 0.1) is 12.6 Å². The Kier molecular flexibility index (Phi) is 5.42. The number of rotatable bonds is 6. The van der Waals surface area contributed by atoms with E-state index >= 15 is 0 Å². The smallest absolute Gasteiger partial charge is 0.133 e. The third kappa shape index (κ3) is 3.71. The van der Waals surface area contributed by atoms with Crippen LogP contribution in [0.5, 0.6) is 5.75 Å². The highest BCUT2D eigenvalue weighted by Crippen LogP contribution is 2.43. The molecule has 1 aliphatic carbocycles. The number of ketones is 1. The van der Waals surface area contributed by atoms with E-state index in [0.717, 1.165) is 37.1 Å². The molecular formula is C22H27NO2. The summed E-state index contributed by atoms with van der Waals surface area (Å²) in [6.45, 7) is 2.21. The van der Waals surface area contributed by atoms with Crippen LogP contribution >= 0.6 is 0 Å². The minimum Gasteiger partial charge on any atom is -0.497 e. The molecule has 3 nitrogen and oxygen atoms in total. The molecule has 1 fully saturated rings. The highest BCUT2D eigenvalue weighted by Gasteiger charge is 2.41. The molecule has 1 N–H and O–H groups in total. The Morgan fingerprint density at radius 1 is 1.12 bits per heavy atom. The number of anilines is 1. The fourth-order valence-corrected chi connectivity index (χ4v) is 4.10. The van der Waals surface area contributed by atoms with Crippen LogP contribution in [-0.2, 0) is 10.3 Å². The fraction of sp³-hybridized carbons (Fsp3) is 0.409. The fourth-order valence-electron chi connectivity index (χ4n) is 4.10. The van der Waals surface area contributed by atoms with Crippen molar-refractivity contribution in [1.29, 1.82) is 0 Å². The second kappa shape index (κ2) is 7.73. The Labute approximate surface area is 150 Å². The number of hydrogen-bond acceptors (Lipinski definition) is 3. The molecule has 0 saturated heterocycles. The second-order valence-electron chi connectivity index (χ2n) is 6.88. The molecule has 132 valence electrons. The second-order valence-corrected chi connectivity index (χ2v) is 6.88. The normalized spacial score (nSPS) is 19.9. The number of Topliss-reactive ketones (excluding diaryl/α,β-unsaturated/α-hetero) is 1. The molecule has 0 bridgehead atoms. The summed E-state index contributed by atoms with van der Waals surface area (Å²) < 4.78 is 5.27. The van der Waals surface area contributed by atoms with E-state index in [9.17, 15) is 4.79 Å². The van der Waals surface area contributed by atoms with Crippen molar-refractivity contribution in [3.8, 4) is 5.75 Å². The summed E-state index contributed by atoms with van der Waals surface area (Å²) in [6.07, 6.45) is 4.39. The summed E-state index contributed by atoms with van der Waals surface area (Å²) in [4.78, 5) is 12.2. The molecule has 2 atom stereocenters. The largest absolute Gasteiger partial charge is 0.497 e. The highest BCUT2D eigenvalue weighted by atomic mass is 16.5. The third-order valence-corrected chi connectivity index (χ3v) is 5.48. The monoisotopic (exact) mass is 337 g/mol. The molecule has 1 aliphatic rings. The minimum atomic E-state index is -0.230. The van der Waals surface area contributed by atoms with E-state index in [1.54, 1.807) is 7.11 Å². The Balaban J connectivity index is 1.99. The van der Waals surface area contributed by atoms with Crippen LogP contribution in [0.15, 0.2) is 54.6 Å². The molecule has 2 aromatic rings. The molecule has 0 heterocycles. The van der Waals surface area contributed by atoms with Crippen molar-refractivity contribution >= 4 is 11.5 Å². The van der Waals surface area contributed by atoms with Gasteiger partial charge in [0.1, 0.15) is 11.5 Å². The predicted molar refractivity (Wildman–Crippen MR) is 102 cm³/mol. The van der Waals surface area contributed by atoms with Crippen molar-refractivity contribution in [2.75, 3.05) is 12.4 Å². The third-order valence-electron chi connectivity index (χ3n) is 5.48. The van der Waals surface area contributed by atoms with Crippen LogP contribution in [-0.4, -0.2) is 12.9 Å². The standard InChI is InChI=1S/C22H27NO2/c1-3-22(17-8-5-4-6-9-17,18-10-7-11-20(24)16-18)23-19-12-14-21(25-2)15-13-19/h4-6,8-9,12-15,18,23H,3,7,10-11,16H2,1-2H3/t18?,22-/m0/s1. The van der Waals surface area contributed by atoms with Gasteiger partial charge in [-0.3, -0.25) is 4.79 Å². The van der Waals surface area contributed by atoms with Crippen molar-refractivity contribution in [2.45, 2.75) is 44.6 Å². The van der Waals surface area contributed by atoms with Gasteiger partial charge < -0.3 is 10.1 Å². The predicted octanol–water partition coefficient (Wildman–Crippen LogP) is 5.17. The molecule has 3 rings (SSSR count). The molecule has 0 radical (unpaired) electrons. The van der Waals surface area contributed by atoms with Crippen LogP contribution in [0.1, 0.15) is 44.6 Å². The summed E-state index contributed by atoms with van der Waals surface area (Å²) in [5.41, 5.74) is 2.09. The lowest BCUT2D eigenvalue weighted by atomic mass is 9.69. The molecule has 0 aliphatic heterocycles. The molecule has 1 saturated carbocycles. The first-order valence-corrected chi connectivity index (χ1v) is 9.17. The van der Waals surface area contributed by atoms with Crippen LogP contribution in [0.4, 0.5) is 5.69 Å². The van der Waals surface area contributed by atoms with Gasteiger partial charge in [-0.1, -0.05) is 37.3 Å². The van der Waals surface area contributed by atoms with Gasteiger partial charge >= 0.3 is 0 Å². The Bertz CT molecular complexity index is 696. The van der Waals surface area contributed by atoms with E-state index in [4.69, 9.17) is 4.74 Å². The zero-order valence-corrected chi connectivity index (χ0v) is 15.1. The first-order valence-electron chi connectivity index (χ1n) is 9.17. The maximum Gasteiger partial charge on any atom is 0.133 e. The van der Waals surface area contributed by atoms with Gasteiger partial charge in [0.15, 0.2) is 0 Å². The van der Waals surface area contributed by atoms with Crippen molar-refractivity contribution < 1.29 is 9.53 Å². The Morgan fingerprint density at radius 2 is 1.84 bits per heavy atom. The lowest BCUT2D eigenvalue weighted by Crippen LogP contribution is -2.44. The molecule has 2 aromatic carbocycles. The number of carbonyl (C=O) groups is 1. The lowest BCUT2D eigenvalue weighted by molar-refractivity contribution is -0.122. The average Bonchev–Trinajstić information content (AvgIpc) is 2.67. The molecule has 0 amide bonds. The number of methoxy groups -OCH3 is 1. The quantitative estimate of drug-likeness (QED) is 0.790. The van der Waals surface area contributed by atoms with Crippen molar-refractivity contribution in [3.05, 3.63) is 60.2 Å². The molecule has 25 heavy (non-hydrogen) atoms. The van der Waals surface area contributed by atoms with Crippen LogP contribution in [0.3, 0.4) is 0 Å². The van der Waals surface area contributed by atoms with Gasteiger partial charge in [0, 0.05) is 18.5 Å².